The molecule has 0 aliphatic carbocycles. The van der Waals surface area contributed by atoms with Crippen LogP contribution in [0.15, 0.2) is 40.9 Å². The van der Waals surface area contributed by atoms with Crippen molar-refractivity contribution >= 4 is 38.5 Å². The van der Waals surface area contributed by atoms with Crippen molar-refractivity contribution in [2.75, 3.05) is 6.61 Å². The molecule has 0 spiro atoms. The van der Waals surface area contributed by atoms with E-state index in [1.54, 1.807) is 0 Å². The number of ether oxygens (including phenoxy) is 1. The third kappa shape index (κ3) is 2.22. The Balaban J connectivity index is 2.24. The van der Waals surface area contributed by atoms with Gasteiger partial charge in [0, 0.05) is 20.0 Å². The molecule has 0 amide bonds. The number of benzene rings is 2. The van der Waals surface area contributed by atoms with Crippen LogP contribution >= 0.6 is 38.5 Å². The molecule has 1 aliphatic rings. The maximum atomic E-state index is 5.83. The van der Waals surface area contributed by atoms with E-state index in [0.29, 0.717) is 0 Å². The van der Waals surface area contributed by atoms with Crippen LogP contribution in [0, 0.1) is 3.57 Å². The summed E-state index contributed by atoms with van der Waals surface area (Å²) in [5.74, 6) is 0.998. The molecule has 86 valence electrons. The van der Waals surface area contributed by atoms with E-state index in [4.69, 9.17) is 4.74 Å². The highest BCUT2D eigenvalue weighted by Crippen LogP contribution is 2.37. The molecular weight excluding hydrogens is 391 g/mol. The van der Waals surface area contributed by atoms with Crippen molar-refractivity contribution in [3.63, 3.8) is 0 Å². The molecule has 0 fully saturated rings. The van der Waals surface area contributed by atoms with Gasteiger partial charge in [-0.15, -0.1) is 0 Å². The molecule has 0 unspecified atom stereocenters. The zero-order valence-electron chi connectivity index (χ0n) is 9.04. The minimum absolute atomic E-state index is 0.747. The Labute approximate surface area is 122 Å². The summed E-state index contributed by atoms with van der Waals surface area (Å²) in [4.78, 5) is 0. The van der Waals surface area contributed by atoms with Crippen molar-refractivity contribution in [2.45, 2.75) is 6.42 Å². The van der Waals surface area contributed by atoms with Crippen LogP contribution in [0.2, 0.25) is 0 Å². The van der Waals surface area contributed by atoms with E-state index in [2.05, 4.69) is 74.9 Å². The SMILES string of the molecule is Brc1ccc2c(c1)CCOc1cc(I)ccc1-2. The summed E-state index contributed by atoms with van der Waals surface area (Å²) in [6.45, 7) is 0.747. The molecule has 1 nitrogen and oxygen atoms in total. The second kappa shape index (κ2) is 4.61. The van der Waals surface area contributed by atoms with Gasteiger partial charge in [0.05, 0.1) is 6.61 Å². The van der Waals surface area contributed by atoms with E-state index in [9.17, 15) is 0 Å². The van der Waals surface area contributed by atoms with Crippen molar-refractivity contribution in [1.29, 1.82) is 0 Å². The molecule has 1 aliphatic heterocycles. The molecule has 0 saturated heterocycles. The summed E-state index contributed by atoms with van der Waals surface area (Å²) < 4.78 is 8.17. The van der Waals surface area contributed by atoms with Gasteiger partial charge in [-0.05, 0) is 64.0 Å². The number of hydrogen-bond acceptors (Lipinski definition) is 1. The molecule has 0 bridgehead atoms. The number of fused-ring (bicyclic) bond motifs is 3. The fourth-order valence-corrected chi connectivity index (χ4v) is 3.01. The molecule has 0 radical (unpaired) electrons. The lowest BCUT2D eigenvalue weighted by molar-refractivity contribution is 0.326. The van der Waals surface area contributed by atoms with Gasteiger partial charge in [0.2, 0.25) is 0 Å². The smallest absolute Gasteiger partial charge is 0.128 e. The Morgan fingerprint density at radius 1 is 1.06 bits per heavy atom. The first-order chi connectivity index (χ1) is 8.24. The van der Waals surface area contributed by atoms with E-state index < -0.39 is 0 Å². The molecule has 0 atom stereocenters. The first-order valence-electron chi connectivity index (χ1n) is 5.45. The van der Waals surface area contributed by atoms with Crippen LogP contribution in [-0.2, 0) is 6.42 Å². The molecule has 3 rings (SSSR count). The van der Waals surface area contributed by atoms with E-state index >= 15 is 0 Å². The first kappa shape index (κ1) is 11.5. The van der Waals surface area contributed by atoms with Gasteiger partial charge in [0.1, 0.15) is 5.75 Å². The normalized spacial score (nSPS) is 13.3. The minimum atomic E-state index is 0.747. The number of rotatable bonds is 0. The Morgan fingerprint density at radius 2 is 1.88 bits per heavy atom. The van der Waals surface area contributed by atoms with E-state index in [-0.39, 0.29) is 0 Å². The van der Waals surface area contributed by atoms with Crippen LogP contribution in [0.5, 0.6) is 5.75 Å². The van der Waals surface area contributed by atoms with Crippen molar-refractivity contribution < 1.29 is 4.74 Å². The molecule has 1 heterocycles. The molecule has 0 saturated carbocycles. The van der Waals surface area contributed by atoms with Gasteiger partial charge >= 0.3 is 0 Å². The Bertz CT molecular complexity index is 529. The zero-order chi connectivity index (χ0) is 11.8. The topological polar surface area (TPSA) is 9.23 Å². The highest BCUT2D eigenvalue weighted by molar-refractivity contribution is 14.1. The number of hydrogen-bond donors (Lipinski definition) is 0. The van der Waals surface area contributed by atoms with Crippen molar-refractivity contribution in [2.24, 2.45) is 0 Å². The fraction of sp³-hybridized carbons (Fsp3) is 0.143. The van der Waals surface area contributed by atoms with Crippen LogP contribution in [0.25, 0.3) is 11.1 Å². The van der Waals surface area contributed by atoms with Crippen LogP contribution in [0.4, 0.5) is 0 Å². The monoisotopic (exact) mass is 400 g/mol. The highest BCUT2D eigenvalue weighted by Gasteiger charge is 2.15. The minimum Gasteiger partial charge on any atom is -0.493 e. The maximum absolute atomic E-state index is 5.83. The summed E-state index contributed by atoms with van der Waals surface area (Å²) in [5, 5.41) is 0. The van der Waals surface area contributed by atoms with Gasteiger partial charge in [0.15, 0.2) is 0 Å². The quantitative estimate of drug-likeness (QED) is 0.584. The maximum Gasteiger partial charge on any atom is 0.128 e. The molecule has 0 N–H and O–H groups in total. The summed E-state index contributed by atoms with van der Waals surface area (Å²) in [6, 6.07) is 12.8. The standard InChI is InChI=1S/C14H10BrIO/c15-10-1-3-12-9(7-10)5-6-17-14-8-11(16)2-4-13(12)14/h1-4,7-8H,5-6H2. The van der Waals surface area contributed by atoms with Gasteiger partial charge in [-0.25, -0.2) is 0 Å². The first-order valence-corrected chi connectivity index (χ1v) is 7.32. The largest absolute Gasteiger partial charge is 0.493 e. The van der Waals surface area contributed by atoms with E-state index in [1.165, 1.54) is 20.3 Å². The zero-order valence-corrected chi connectivity index (χ0v) is 12.8. The van der Waals surface area contributed by atoms with Crippen molar-refractivity contribution in [3.8, 4) is 16.9 Å². The Hall–Kier alpha value is -0.550. The predicted octanol–water partition coefficient (Wildman–Crippen LogP) is 4.66. The Morgan fingerprint density at radius 3 is 2.76 bits per heavy atom. The van der Waals surface area contributed by atoms with E-state index in [0.717, 1.165) is 23.2 Å². The van der Waals surface area contributed by atoms with Gasteiger partial charge in [-0.1, -0.05) is 22.0 Å². The second-order valence-corrected chi connectivity index (χ2v) is 6.20. The van der Waals surface area contributed by atoms with Crippen molar-refractivity contribution in [1.82, 2.24) is 0 Å². The van der Waals surface area contributed by atoms with Gasteiger partial charge < -0.3 is 4.74 Å². The van der Waals surface area contributed by atoms with Crippen LogP contribution < -0.4 is 4.74 Å². The lowest BCUT2D eigenvalue weighted by Gasteiger charge is -2.09. The summed E-state index contributed by atoms with van der Waals surface area (Å²) >= 11 is 5.84. The third-order valence-electron chi connectivity index (χ3n) is 2.93. The molecule has 3 heteroatoms. The molecule has 0 aromatic heterocycles. The summed E-state index contributed by atoms with van der Waals surface area (Å²) in [5.41, 5.74) is 3.84. The lowest BCUT2D eigenvalue weighted by atomic mass is 9.98. The van der Waals surface area contributed by atoms with Gasteiger partial charge in [-0.2, -0.15) is 0 Å². The highest BCUT2D eigenvalue weighted by atomic mass is 127. The summed E-state index contributed by atoms with van der Waals surface area (Å²) in [6.07, 6.45) is 0.958. The molecule has 2 aromatic rings. The molecular formula is C14H10BrIO. The fourth-order valence-electron chi connectivity index (χ4n) is 2.14. The van der Waals surface area contributed by atoms with Gasteiger partial charge in [-0.3, -0.25) is 0 Å². The average Bonchev–Trinajstić information content (AvgIpc) is 2.47. The van der Waals surface area contributed by atoms with Crippen LogP contribution in [0.1, 0.15) is 5.56 Å². The Kier molecular flexibility index (Phi) is 3.13. The summed E-state index contributed by atoms with van der Waals surface area (Å²) in [7, 11) is 0. The molecule has 17 heavy (non-hydrogen) atoms. The lowest BCUT2D eigenvalue weighted by Crippen LogP contribution is -1.98. The van der Waals surface area contributed by atoms with E-state index in [1.807, 2.05) is 0 Å². The predicted molar refractivity (Wildman–Crippen MR) is 81.5 cm³/mol. The van der Waals surface area contributed by atoms with Crippen LogP contribution in [0.3, 0.4) is 0 Å². The average molecular weight is 401 g/mol. The number of halogens is 2. The molecule has 2 aromatic carbocycles. The van der Waals surface area contributed by atoms with Crippen LogP contribution in [-0.4, -0.2) is 6.61 Å². The third-order valence-corrected chi connectivity index (χ3v) is 4.09. The van der Waals surface area contributed by atoms with Crippen molar-refractivity contribution in [3.05, 3.63) is 50.0 Å². The second-order valence-electron chi connectivity index (χ2n) is 4.04. The van der Waals surface area contributed by atoms with Gasteiger partial charge in [0.25, 0.3) is 0 Å².